The highest BCUT2D eigenvalue weighted by atomic mass is 19.4. The fourth-order valence-electron chi connectivity index (χ4n) is 1.07. The van der Waals surface area contributed by atoms with Crippen molar-refractivity contribution in [3.8, 4) is 17.2 Å². The van der Waals surface area contributed by atoms with Crippen LogP contribution in [0.5, 0.6) is 17.2 Å². The molecule has 1 rings (SSSR count). The van der Waals surface area contributed by atoms with Crippen LogP contribution in [-0.2, 0) is 0 Å². The lowest BCUT2D eigenvalue weighted by Gasteiger charge is -2.14. The van der Waals surface area contributed by atoms with Gasteiger partial charge in [0.15, 0.2) is 11.5 Å². The molecule has 0 amide bonds. The lowest BCUT2D eigenvalue weighted by atomic mass is 10.3. The summed E-state index contributed by atoms with van der Waals surface area (Å²) < 4.78 is 94.5. The van der Waals surface area contributed by atoms with Crippen LogP contribution in [0.1, 0.15) is 0 Å². The van der Waals surface area contributed by atoms with Crippen molar-refractivity contribution in [2.75, 3.05) is 0 Å². The first-order valence-corrected chi connectivity index (χ1v) is 4.47. The molecule has 0 atom stereocenters. The summed E-state index contributed by atoms with van der Waals surface area (Å²) in [6, 6.07) is 1.56. The third-order valence-corrected chi connectivity index (χ3v) is 1.58. The molecule has 0 radical (unpaired) electrons. The zero-order valence-electron chi connectivity index (χ0n) is 8.76. The minimum atomic E-state index is -5.06. The number of alkyl halides is 7. The maximum Gasteiger partial charge on any atom is 0.573 e. The van der Waals surface area contributed by atoms with Crippen LogP contribution >= 0.6 is 0 Å². The smallest absolute Gasteiger partial charge is 0.431 e. The van der Waals surface area contributed by atoms with Crippen LogP contribution in [0.3, 0.4) is 0 Å². The van der Waals surface area contributed by atoms with E-state index in [1.807, 2.05) is 0 Å². The Morgan fingerprint density at radius 2 is 1.37 bits per heavy atom. The first kappa shape index (κ1) is 15.2. The lowest BCUT2D eigenvalue weighted by Crippen LogP contribution is -2.17. The Hall–Kier alpha value is -1.87. The maximum atomic E-state index is 12.0. The second kappa shape index (κ2) is 5.85. The number of hydrogen-bond donors (Lipinski definition) is 0. The van der Waals surface area contributed by atoms with Crippen molar-refractivity contribution in [3.05, 3.63) is 18.2 Å². The van der Waals surface area contributed by atoms with Crippen LogP contribution in [0, 0.1) is 0 Å². The molecule has 0 fully saturated rings. The summed E-state index contributed by atoms with van der Waals surface area (Å²) in [7, 11) is 0. The van der Waals surface area contributed by atoms with Crippen LogP contribution < -0.4 is 14.2 Å². The lowest BCUT2D eigenvalue weighted by molar-refractivity contribution is -0.274. The Morgan fingerprint density at radius 1 is 0.842 bits per heavy atom. The van der Waals surface area contributed by atoms with Gasteiger partial charge in [-0.1, -0.05) is 0 Å². The average molecular weight is 294 g/mol. The molecule has 0 spiro atoms. The molecule has 0 aliphatic heterocycles. The first-order valence-electron chi connectivity index (χ1n) is 4.47. The van der Waals surface area contributed by atoms with Gasteiger partial charge >= 0.3 is 19.6 Å². The minimum absolute atomic E-state index is 0.358. The fraction of sp³-hybridized carbons (Fsp3) is 0.333. The molecule has 0 aromatic heterocycles. The van der Waals surface area contributed by atoms with Gasteiger partial charge < -0.3 is 14.2 Å². The molecule has 0 bridgehead atoms. The van der Waals surface area contributed by atoms with E-state index in [-0.39, 0.29) is 0 Å². The average Bonchev–Trinajstić information content (AvgIpc) is 2.18. The normalized spacial score (nSPS) is 11.8. The molecule has 0 aliphatic carbocycles. The maximum absolute atomic E-state index is 12.0. The molecule has 108 valence electrons. The van der Waals surface area contributed by atoms with Crippen molar-refractivity contribution in [1.29, 1.82) is 0 Å². The summed E-state index contributed by atoms with van der Waals surface area (Å²) in [6.07, 6.45) is -5.06. The highest BCUT2D eigenvalue weighted by molar-refractivity contribution is 5.45. The van der Waals surface area contributed by atoms with Crippen molar-refractivity contribution in [2.45, 2.75) is 19.6 Å². The number of hydrogen-bond acceptors (Lipinski definition) is 3. The standard InChI is InChI=1S/C9H5F7O3/c10-7(11)17-5-2-1-4(19-9(14,15)16)3-6(5)18-8(12)13/h1-3,7-8H. The van der Waals surface area contributed by atoms with E-state index in [4.69, 9.17) is 0 Å². The van der Waals surface area contributed by atoms with Crippen LogP contribution in [0.15, 0.2) is 18.2 Å². The van der Waals surface area contributed by atoms with Gasteiger partial charge in [-0.3, -0.25) is 0 Å². The molecule has 1 aromatic rings. The van der Waals surface area contributed by atoms with Gasteiger partial charge in [0.1, 0.15) is 5.75 Å². The largest absolute Gasteiger partial charge is 0.573 e. The third-order valence-electron chi connectivity index (χ3n) is 1.58. The van der Waals surface area contributed by atoms with Gasteiger partial charge in [-0.15, -0.1) is 13.2 Å². The summed E-state index contributed by atoms with van der Waals surface area (Å²) >= 11 is 0. The Labute approximate surface area is 101 Å². The fourth-order valence-corrected chi connectivity index (χ4v) is 1.07. The molecular weight excluding hydrogens is 289 g/mol. The minimum Gasteiger partial charge on any atom is -0.431 e. The van der Waals surface area contributed by atoms with E-state index in [0.29, 0.717) is 18.2 Å². The number of halogens is 7. The Bertz CT molecular complexity index is 419. The van der Waals surface area contributed by atoms with Gasteiger partial charge in [-0.25, -0.2) is 0 Å². The summed E-state index contributed by atoms with van der Waals surface area (Å²) in [5.74, 6) is -2.76. The topological polar surface area (TPSA) is 27.7 Å². The molecule has 0 saturated heterocycles. The second-order valence-corrected chi connectivity index (χ2v) is 2.91. The van der Waals surface area contributed by atoms with Crippen LogP contribution in [0.25, 0.3) is 0 Å². The van der Waals surface area contributed by atoms with Crippen LogP contribution in [-0.4, -0.2) is 19.6 Å². The monoisotopic (exact) mass is 294 g/mol. The van der Waals surface area contributed by atoms with Crippen molar-refractivity contribution < 1.29 is 44.9 Å². The van der Waals surface area contributed by atoms with Gasteiger partial charge in [-0.2, -0.15) is 17.6 Å². The predicted molar refractivity (Wildman–Crippen MR) is 46.4 cm³/mol. The molecule has 19 heavy (non-hydrogen) atoms. The Balaban J connectivity index is 3.00. The quantitative estimate of drug-likeness (QED) is 0.773. The number of benzene rings is 1. The van der Waals surface area contributed by atoms with Gasteiger partial charge in [0, 0.05) is 6.07 Å². The molecule has 0 N–H and O–H groups in total. The SMILES string of the molecule is FC(F)Oc1ccc(OC(F)(F)F)cc1OC(F)F. The van der Waals surface area contributed by atoms with E-state index in [1.165, 1.54) is 0 Å². The zero-order chi connectivity index (χ0) is 14.6. The van der Waals surface area contributed by atoms with E-state index in [0.717, 1.165) is 0 Å². The van der Waals surface area contributed by atoms with Crippen molar-refractivity contribution in [3.63, 3.8) is 0 Å². The molecule has 0 unspecified atom stereocenters. The van der Waals surface area contributed by atoms with Gasteiger partial charge in [0.2, 0.25) is 0 Å². The van der Waals surface area contributed by atoms with Crippen molar-refractivity contribution in [2.24, 2.45) is 0 Å². The molecule has 0 saturated carbocycles. The molecular formula is C9H5F7O3. The molecule has 0 heterocycles. The zero-order valence-corrected chi connectivity index (χ0v) is 8.76. The van der Waals surface area contributed by atoms with E-state index in [1.54, 1.807) is 0 Å². The summed E-state index contributed by atoms with van der Waals surface area (Å²) in [5, 5.41) is 0. The van der Waals surface area contributed by atoms with Gasteiger partial charge in [-0.05, 0) is 12.1 Å². The second-order valence-electron chi connectivity index (χ2n) is 2.91. The van der Waals surface area contributed by atoms with E-state index < -0.39 is 36.8 Å². The van der Waals surface area contributed by atoms with Gasteiger partial charge in [0.05, 0.1) is 0 Å². The van der Waals surface area contributed by atoms with E-state index in [9.17, 15) is 30.7 Å². The number of rotatable bonds is 5. The summed E-state index contributed by atoms with van der Waals surface area (Å²) in [6.45, 7) is -6.78. The Morgan fingerprint density at radius 3 is 1.84 bits per heavy atom. The Kier molecular flexibility index (Phi) is 4.67. The summed E-state index contributed by atoms with van der Waals surface area (Å²) in [4.78, 5) is 0. The third kappa shape index (κ3) is 5.53. The van der Waals surface area contributed by atoms with Crippen molar-refractivity contribution in [1.82, 2.24) is 0 Å². The van der Waals surface area contributed by atoms with E-state index >= 15 is 0 Å². The molecule has 1 aromatic carbocycles. The molecule has 10 heteroatoms. The summed E-state index contributed by atoms with van der Waals surface area (Å²) in [5.41, 5.74) is 0. The predicted octanol–water partition coefficient (Wildman–Crippen LogP) is 3.79. The number of ether oxygens (including phenoxy) is 3. The molecule has 3 nitrogen and oxygen atoms in total. The highest BCUT2D eigenvalue weighted by Gasteiger charge is 2.31. The first-order chi connectivity index (χ1) is 8.67. The van der Waals surface area contributed by atoms with Crippen LogP contribution in [0.2, 0.25) is 0 Å². The molecule has 0 aliphatic rings. The highest BCUT2D eigenvalue weighted by Crippen LogP contribution is 2.35. The van der Waals surface area contributed by atoms with Crippen molar-refractivity contribution >= 4 is 0 Å². The van der Waals surface area contributed by atoms with Gasteiger partial charge in [0.25, 0.3) is 0 Å². The van der Waals surface area contributed by atoms with E-state index in [2.05, 4.69) is 14.2 Å². The van der Waals surface area contributed by atoms with Crippen LogP contribution in [0.4, 0.5) is 30.7 Å².